The molecule has 1 heterocycles. The number of amides is 3. The summed E-state index contributed by atoms with van der Waals surface area (Å²) < 4.78 is 0. The van der Waals surface area contributed by atoms with Crippen molar-refractivity contribution in [3.05, 3.63) is 28.8 Å². The van der Waals surface area contributed by atoms with Crippen molar-refractivity contribution < 1.29 is 19.5 Å². The van der Waals surface area contributed by atoms with Crippen molar-refractivity contribution in [1.29, 1.82) is 0 Å². The molecule has 1 aromatic rings. The highest BCUT2D eigenvalue weighted by atomic mass is 35.5. The van der Waals surface area contributed by atoms with Crippen LogP contribution < -0.4 is 16.0 Å². The highest BCUT2D eigenvalue weighted by Gasteiger charge is 2.19. The van der Waals surface area contributed by atoms with Crippen LogP contribution in [0.5, 0.6) is 0 Å². The van der Waals surface area contributed by atoms with Crippen LogP contribution in [0.2, 0.25) is 5.02 Å². The summed E-state index contributed by atoms with van der Waals surface area (Å²) in [5.41, 5.74) is 0.244. The Kier molecular flexibility index (Phi) is 4.64. The van der Waals surface area contributed by atoms with E-state index in [2.05, 4.69) is 16.0 Å². The van der Waals surface area contributed by atoms with E-state index in [1.165, 1.54) is 18.2 Å². The van der Waals surface area contributed by atoms with Crippen LogP contribution in [-0.4, -0.2) is 35.6 Å². The Morgan fingerprint density at radius 3 is 2.76 bits per heavy atom. The first kappa shape index (κ1) is 15.1. The number of hydrogen-bond acceptors (Lipinski definition) is 3. The number of aromatic carboxylic acids is 1. The van der Waals surface area contributed by atoms with Gasteiger partial charge in [0.05, 0.1) is 10.6 Å². The molecule has 1 aliphatic rings. The molecule has 1 atom stereocenters. The van der Waals surface area contributed by atoms with Gasteiger partial charge in [0.1, 0.15) is 0 Å². The average molecular weight is 312 g/mol. The monoisotopic (exact) mass is 311 g/mol. The van der Waals surface area contributed by atoms with Gasteiger partial charge in [0.25, 0.3) is 0 Å². The molecule has 3 amide bonds. The van der Waals surface area contributed by atoms with Crippen LogP contribution in [0.15, 0.2) is 18.2 Å². The Morgan fingerprint density at radius 2 is 2.14 bits per heavy atom. The molecule has 0 spiro atoms. The smallest absolute Gasteiger partial charge is 0.337 e. The first-order valence-corrected chi connectivity index (χ1v) is 6.70. The molecule has 0 aliphatic carbocycles. The van der Waals surface area contributed by atoms with Crippen LogP contribution in [0.1, 0.15) is 23.2 Å². The molecule has 7 nitrogen and oxygen atoms in total. The van der Waals surface area contributed by atoms with E-state index in [1.54, 1.807) is 0 Å². The van der Waals surface area contributed by atoms with Gasteiger partial charge in [-0.1, -0.05) is 11.6 Å². The standard InChI is InChI=1S/C13H14ClN3O4/c14-10-3-1-7(5-9(10)12(19)20)16-13(21)17-8-2-4-11(18)15-6-8/h1,3,5,8H,2,4,6H2,(H,15,18)(H,19,20)(H2,16,17,21). The summed E-state index contributed by atoms with van der Waals surface area (Å²) >= 11 is 5.75. The number of benzene rings is 1. The molecule has 1 fully saturated rings. The third-order valence-corrected chi connectivity index (χ3v) is 3.38. The Morgan fingerprint density at radius 1 is 1.38 bits per heavy atom. The lowest BCUT2D eigenvalue weighted by molar-refractivity contribution is -0.122. The first-order chi connectivity index (χ1) is 9.95. The zero-order valence-corrected chi connectivity index (χ0v) is 11.7. The maximum atomic E-state index is 11.8. The Balaban J connectivity index is 1.95. The summed E-state index contributed by atoms with van der Waals surface area (Å²) in [5, 5.41) is 17.0. The molecule has 1 aromatic carbocycles. The zero-order valence-electron chi connectivity index (χ0n) is 11.0. The number of carboxylic acid groups (broad SMARTS) is 1. The molecule has 4 N–H and O–H groups in total. The molecule has 0 saturated carbocycles. The van der Waals surface area contributed by atoms with E-state index in [1.807, 2.05) is 0 Å². The zero-order chi connectivity index (χ0) is 15.4. The number of carbonyl (C=O) groups excluding carboxylic acids is 2. The lowest BCUT2D eigenvalue weighted by atomic mass is 10.1. The number of nitrogens with one attached hydrogen (secondary N) is 3. The number of rotatable bonds is 3. The van der Waals surface area contributed by atoms with Crippen molar-refractivity contribution in [2.24, 2.45) is 0 Å². The molecule has 1 aliphatic heterocycles. The third-order valence-electron chi connectivity index (χ3n) is 3.06. The largest absolute Gasteiger partial charge is 0.478 e. The van der Waals surface area contributed by atoms with Gasteiger partial charge in [-0.05, 0) is 24.6 Å². The van der Waals surface area contributed by atoms with Crippen molar-refractivity contribution in [2.75, 3.05) is 11.9 Å². The molecule has 21 heavy (non-hydrogen) atoms. The van der Waals surface area contributed by atoms with E-state index in [9.17, 15) is 14.4 Å². The van der Waals surface area contributed by atoms with Gasteiger partial charge < -0.3 is 21.1 Å². The van der Waals surface area contributed by atoms with Gasteiger partial charge >= 0.3 is 12.0 Å². The van der Waals surface area contributed by atoms with E-state index < -0.39 is 12.0 Å². The Bertz CT molecular complexity index is 581. The molecule has 8 heteroatoms. The Hall–Kier alpha value is -2.28. The van der Waals surface area contributed by atoms with Gasteiger partial charge in [0, 0.05) is 24.7 Å². The van der Waals surface area contributed by atoms with Crippen molar-refractivity contribution in [1.82, 2.24) is 10.6 Å². The van der Waals surface area contributed by atoms with Crippen LogP contribution in [-0.2, 0) is 4.79 Å². The second-order valence-electron chi connectivity index (χ2n) is 4.64. The summed E-state index contributed by atoms with van der Waals surface area (Å²) in [6, 6.07) is 3.59. The Labute approximate surface area is 125 Å². The number of anilines is 1. The molecule has 1 unspecified atom stereocenters. The second-order valence-corrected chi connectivity index (χ2v) is 5.05. The van der Waals surface area contributed by atoms with E-state index in [0.29, 0.717) is 25.1 Å². The number of carboxylic acids is 1. The maximum Gasteiger partial charge on any atom is 0.337 e. The number of carbonyl (C=O) groups is 3. The topological polar surface area (TPSA) is 108 Å². The lowest BCUT2D eigenvalue weighted by Gasteiger charge is -2.23. The first-order valence-electron chi connectivity index (χ1n) is 6.33. The van der Waals surface area contributed by atoms with Gasteiger partial charge in [-0.3, -0.25) is 4.79 Å². The summed E-state index contributed by atoms with van der Waals surface area (Å²) in [7, 11) is 0. The number of hydrogen-bond donors (Lipinski definition) is 4. The maximum absolute atomic E-state index is 11.8. The predicted molar refractivity (Wildman–Crippen MR) is 76.6 cm³/mol. The van der Waals surface area contributed by atoms with Crippen LogP contribution in [0.25, 0.3) is 0 Å². The second kappa shape index (κ2) is 6.45. The fourth-order valence-corrected chi connectivity index (χ4v) is 2.17. The minimum absolute atomic E-state index is 0.0303. The van der Waals surface area contributed by atoms with Crippen LogP contribution in [0.3, 0.4) is 0 Å². The molecule has 112 valence electrons. The molecule has 0 radical (unpaired) electrons. The molecular weight excluding hydrogens is 298 g/mol. The minimum Gasteiger partial charge on any atom is -0.478 e. The van der Waals surface area contributed by atoms with Crippen LogP contribution in [0, 0.1) is 0 Å². The summed E-state index contributed by atoms with van der Waals surface area (Å²) in [4.78, 5) is 33.8. The van der Waals surface area contributed by atoms with Gasteiger partial charge in [-0.15, -0.1) is 0 Å². The highest BCUT2D eigenvalue weighted by molar-refractivity contribution is 6.33. The number of urea groups is 1. The van der Waals surface area contributed by atoms with Crippen LogP contribution in [0.4, 0.5) is 10.5 Å². The molecule has 1 saturated heterocycles. The van der Waals surface area contributed by atoms with Crippen molar-refractivity contribution in [2.45, 2.75) is 18.9 Å². The third kappa shape index (κ3) is 4.09. The summed E-state index contributed by atoms with van der Waals surface area (Å²) in [6.07, 6.45) is 0.940. The van der Waals surface area contributed by atoms with Gasteiger partial charge in [0.15, 0.2) is 0 Å². The quantitative estimate of drug-likeness (QED) is 0.677. The molecular formula is C13H14ClN3O4. The minimum atomic E-state index is -1.17. The lowest BCUT2D eigenvalue weighted by Crippen LogP contribution is -2.48. The molecule has 0 aromatic heterocycles. The SMILES string of the molecule is O=C1CCC(NC(=O)Nc2ccc(Cl)c(C(=O)O)c2)CN1. The molecule has 2 rings (SSSR count). The van der Waals surface area contributed by atoms with Gasteiger partial charge in [-0.25, -0.2) is 9.59 Å². The molecule has 0 bridgehead atoms. The van der Waals surface area contributed by atoms with Gasteiger partial charge in [0.2, 0.25) is 5.91 Å². The van der Waals surface area contributed by atoms with Crippen molar-refractivity contribution in [3.8, 4) is 0 Å². The summed E-state index contributed by atoms with van der Waals surface area (Å²) in [5.74, 6) is -1.20. The fourth-order valence-electron chi connectivity index (χ4n) is 1.98. The van der Waals surface area contributed by atoms with Crippen molar-refractivity contribution >= 4 is 35.2 Å². The van der Waals surface area contributed by atoms with Gasteiger partial charge in [-0.2, -0.15) is 0 Å². The van der Waals surface area contributed by atoms with E-state index in [-0.39, 0.29) is 22.5 Å². The highest BCUT2D eigenvalue weighted by Crippen LogP contribution is 2.20. The number of piperidine rings is 1. The van der Waals surface area contributed by atoms with E-state index >= 15 is 0 Å². The van der Waals surface area contributed by atoms with E-state index in [4.69, 9.17) is 16.7 Å². The predicted octanol–water partition coefficient (Wildman–Crippen LogP) is 1.44. The van der Waals surface area contributed by atoms with E-state index in [0.717, 1.165) is 0 Å². The normalized spacial score (nSPS) is 17.8. The fraction of sp³-hybridized carbons (Fsp3) is 0.308. The van der Waals surface area contributed by atoms with Crippen molar-refractivity contribution in [3.63, 3.8) is 0 Å². The average Bonchev–Trinajstić information content (AvgIpc) is 2.43. The number of halogens is 1. The van der Waals surface area contributed by atoms with Crippen LogP contribution >= 0.6 is 11.6 Å². The summed E-state index contributed by atoms with van der Waals surface area (Å²) in [6.45, 7) is 0.382.